The highest BCUT2D eigenvalue weighted by Crippen LogP contribution is 2.32. The summed E-state index contributed by atoms with van der Waals surface area (Å²) >= 11 is 0. The first-order valence-electron chi connectivity index (χ1n) is 11.2. The van der Waals surface area contributed by atoms with E-state index < -0.39 is 18.7 Å². The number of hydrogen-bond donors (Lipinski definition) is 2. The molecule has 7 nitrogen and oxygen atoms in total. The van der Waals surface area contributed by atoms with Gasteiger partial charge in [0.2, 0.25) is 0 Å². The molecule has 1 aromatic heterocycles. The zero-order chi connectivity index (χ0) is 22.6. The normalized spacial score (nSPS) is 17.1. The number of rotatable bonds is 10. The lowest BCUT2D eigenvalue weighted by molar-refractivity contribution is -0.153. The number of fused-ring (bicyclic) bond motifs is 1. The first kappa shape index (κ1) is 25.6. The summed E-state index contributed by atoms with van der Waals surface area (Å²) in [4.78, 5) is 12.7. The van der Waals surface area contributed by atoms with Crippen molar-refractivity contribution in [3.05, 3.63) is 23.9 Å². The summed E-state index contributed by atoms with van der Waals surface area (Å²) in [6.07, 6.45) is 1.56. The molecule has 2 aromatic rings. The molecular formula is C22H30ClF3N4O3. The highest BCUT2D eigenvalue weighted by molar-refractivity contribution is 6.03. The molecule has 0 bridgehead atoms. The number of piperidine rings is 1. The van der Waals surface area contributed by atoms with E-state index in [2.05, 4.69) is 15.7 Å². The van der Waals surface area contributed by atoms with Crippen molar-refractivity contribution >= 4 is 29.2 Å². The Morgan fingerprint density at radius 3 is 2.64 bits per heavy atom. The van der Waals surface area contributed by atoms with Crippen LogP contribution in [0.2, 0.25) is 0 Å². The van der Waals surface area contributed by atoms with Crippen molar-refractivity contribution < 1.29 is 27.4 Å². The van der Waals surface area contributed by atoms with E-state index in [1.54, 1.807) is 16.9 Å². The van der Waals surface area contributed by atoms with Gasteiger partial charge >= 0.3 is 6.18 Å². The van der Waals surface area contributed by atoms with Crippen LogP contribution < -0.4 is 15.4 Å². The number of amides is 1. The molecule has 2 fully saturated rings. The van der Waals surface area contributed by atoms with Gasteiger partial charge in [0.25, 0.3) is 5.91 Å². The van der Waals surface area contributed by atoms with Gasteiger partial charge in [0.1, 0.15) is 5.75 Å². The van der Waals surface area contributed by atoms with Gasteiger partial charge < -0.3 is 20.1 Å². The molecule has 1 aliphatic heterocycles. The Bertz CT molecular complexity index is 927. The average molecular weight is 491 g/mol. The minimum atomic E-state index is -4.52. The number of aromatic nitrogens is 2. The van der Waals surface area contributed by atoms with Crippen LogP contribution in [-0.4, -0.2) is 61.3 Å². The highest BCUT2D eigenvalue weighted by Gasteiger charge is 2.30. The first-order chi connectivity index (χ1) is 15.4. The van der Waals surface area contributed by atoms with Crippen LogP contribution in [0.25, 0.3) is 10.9 Å². The van der Waals surface area contributed by atoms with Crippen LogP contribution >= 0.6 is 12.4 Å². The van der Waals surface area contributed by atoms with Crippen molar-refractivity contribution in [2.75, 3.05) is 39.5 Å². The zero-order valence-corrected chi connectivity index (χ0v) is 19.1. The molecule has 0 atom stereocenters. The monoisotopic (exact) mass is 490 g/mol. The fourth-order valence-electron chi connectivity index (χ4n) is 3.89. The van der Waals surface area contributed by atoms with E-state index in [1.807, 2.05) is 0 Å². The molecule has 4 rings (SSSR count). The lowest BCUT2D eigenvalue weighted by atomic mass is 9.98. The zero-order valence-electron chi connectivity index (χ0n) is 18.3. The number of carbonyl (C=O) groups is 1. The van der Waals surface area contributed by atoms with Gasteiger partial charge in [-0.15, -0.1) is 12.4 Å². The van der Waals surface area contributed by atoms with Gasteiger partial charge in [-0.25, -0.2) is 0 Å². The van der Waals surface area contributed by atoms with Crippen LogP contribution in [0.15, 0.2) is 18.3 Å². The van der Waals surface area contributed by atoms with E-state index in [-0.39, 0.29) is 30.3 Å². The molecule has 1 saturated heterocycles. The molecule has 1 amide bonds. The second-order valence-electron chi connectivity index (χ2n) is 8.60. The van der Waals surface area contributed by atoms with Gasteiger partial charge in [-0.2, -0.15) is 18.3 Å². The fourth-order valence-corrected chi connectivity index (χ4v) is 3.89. The quantitative estimate of drug-likeness (QED) is 0.498. The fraction of sp³-hybridized carbons (Fsp3) is 0.636. The Kier molecular flexibility index (Phi) is 8.83. The minimum absolute atomic E-state index is 0. The third kappa shape index (κ3) is 7.48. The Morgan fingerprint density at radius 1 is 1.18 bits per heavy atom. The number of alkyl halides is 3. The second-order valence-corrected chi connectivity index (χ2v) is 8.60. The second kappa shape index (κ2) is 11.4. The van der Waals surface area contributed by atoms with Gasteiger partial charge in [-0.05, 0) is 62.7 Å². The molecule has 1 saturated carbocycles. The Balaban J connectivity index is 0.00000306. The first-order valence-corrected chi connectivity index (χ1v) is 11.2. The van der Waals surface area contributed by atoms with Crippen molar-refractivity contribution in [2.24, 2.45) is 11.8 Å². The van der Waals surface area contributed by atoms with Crippen molar-refractivity contribution in [3.63, 3.8) is 0 Å². The summed E-state index contributed by atoms with van der Waals surface area (Å²) in [5.41, 5.74) is 0.561. The molecular weight excluding hydrogens is 461 g/mol. The Hall–Kier alpha value is -2.04. The molecule has 33 heavy (non-hydrogen) atoms. The molecule has 11 heteroatoms. The van der Waals surface area contributed by atoms with Crippen molar-refractivity contribution in [3.8, 4) is 5.75 Å². The van der Waals surface area contributed by atoms with E-state index in [1.165, 1.54) is 18.9 Å². The maximum atomic E-state index is 12.9. The number of halogens is 4. The molecule has 1 aliphatic carbocycles. The summed E-state index contributed by atoms with van der Waals surface area (Å²) < 4.78 is 51.0. The van der Waals surface area contributed by atoms with Crippen molar-refractivity contribution in [2.45, 2.75) is 38.4 Å². The molecule has 0 unspecified atom stereocenters. The lowest BCUT2D eigenvalue weighted by Crippen LogP contribution is -2.29. The number of nitrogens with zero attached hydrogens (tertiary/aromatic N) is 2. The van der Waals surface area contributed by atoms with Gasteiger partial charge in [-0.3, -0.25) is 9.48 Å². The average Bonchev–Trinajstić information content (AvgIpc) is 3.49. The van der Waals surface area contributed by atoms with Crippen LogP contribution in [-0.2, 0) is 11.3 Å². The molecule has 0 spiro atoms. The SMILES string of the molecule is Cl.O=C(NCCOCC1CC1)c1ccc2nn(CC3CCNCC3)cc2c1OCC(F)(F)F. The molecule has 1 aromatic carbocycles. The molecule has 2 N–H and O–H groups in total. The summed E-state index contributed by atoms with van der Waals surface area (Å²) in [7, 11) is 0. The maximum Gasteiger partial charge on any atom is 0.422 e. The highest BCUT2D eigenvalue weighted by atomic mass is 35.5. The lowest BCUT2D eigenvalue weighted by Gasteiger charge is -2.22. The van der Waals surface area contributed by atoms with Crippen molar-refractivity contribution in [1.29, 1.82) is 0 Å². The molecule has 2 aliphatic rings. The third-order valence-corrected chi connectivity index (χ3v) is 5.80. The number of benzene rings is 1. The Morgan fingerprint density at radius 2 is 1.94 bits per heavy atom. The van der Waals surface area contributed by atoms with Crippen LogP contribution in [0.3, 0.4) is 0 Å². The third-order valence-electron chi connectivity index (χ3n) is 5.80. The van der Waals surface area contributed by atoms with E-state index in [9.17, 15) is 18.0 Å². The molecule has 0 radical (unpaired) electrons. The van der Waals surface area contributed by atoms with Crippen molar-refractivity contribution in [1.82, 2.24) is 20.4 Å². The van der Waals surface area contributed by atoms with E-state index in [0.29, 0.717) is 42.5 Å². The number of carbonyl (C=O) groups excluding carboxylic acids is 1. The van der Waals surface area contributed by atoms with Gasteiger partial charge in [0, 0.05) is 25.9 Å². The predicted octanol–water partition coefficient (Wildman–Crippen LogP) is 3.56. The standard InChI is InChI=1S/C22H29F3N4O3.ClH/c23-22(24,25)14-32-20-17(21(30)27-9-10-31-13-16-1-2-16)3-4-19-18(20)12-29(28-19)11-15-5-7-26-8-6-15;/h3-4,12,15-16,26H,1-2,5-11,13-14H2,(H,27,30);1H. The number of hydrogen-bond acceptors (Lipinski definition) is 5. The van der Waals surface area contributed by atoms with Gasteiger partial charge in [0.15, 0.2) is 6.61 Å². The largest absolute Gasteiger partial charge is 0.483 e. The van der Waals surface area contributed by atoms with Crippen LogP contribution in [0.1, 0.15) is 36.0 Å². The van der Waals surface area contributed by atoms with E-state index in [0.717, 1.165) is 25.9 Å². The van der Waals surface area contributed by atoms with Crippen LogP contribution in [0.5, 0.6) is 5.75 Å². The molecule has 184 valence electrons. The number of ether oxygens (including phenoxy) is 2. The van der Waals surface area contributed by atoms with Crippen LogP contribution in [0, 0.1) is 11.8 Å². The summed E-state index contributed by atoms with van der Waals surface area (Å²) in [5.74, 6) is 0.485. The van der Waals surface area contributed by atoms with E-state index in [4.69, 9.17) is 9.47 Å². The summed E-state index contributed by atoms with van der Waals surface area (Å²) in [6.45, 7) is 2.40. The predicted molar refractivity (Wildman–Crippen MR) is 120 cm³/mol. The summed E-state index contributed by atoms with van der Waals surface area (Å²) in [5, 5.41) is 10.9. The topological polar surface area (TPSA) is 77.4 Å². The maximum absolute atomic E-state index is 12.9. The van der Waals surface area contributed by atoms with Gasteiger partial charge in [-0.1, -0.05) is 0 Å². The van der Waals surface area contributed by atoms with E-state index >= 15 is 0 Å². The molecule has 2 heterocycles. The summed E-state index contributed by atoms with van der Waals surface area (Å²) in [6, 6.07) is 3.11. The van der Waals surface area contributed by atoms with Crippen LogP contribution in [0.4, 0.5) is 13.2 Å². The number of nitrogens with one attached hydrogen (secondary N) is 2. The Labute approximate surface area is 196 Å². The smallest absolute Gasteiger partial charge is 0.422 e. The minimum Gasteiger partial charge on any atom is -0.483 e. The van der Waals surface area contributed by atoms with Gasteiger partial charge in [0.05, 0.1) is 23.1 Å².